The van der Waals surface area contributed by atoms with E-state index in [9.17, 15) is 8.42 Å². The molecule has 0 heterocycles. The molecule has 0 radical (unpaired) electrons. The molecule has 3 N–H and O–H groups in total. The minimum atomic E-state index is -3.44. The number of nitrogens with zero attached hydrogens (tertiary/aromatic N) is 1. The third-order valence-electron chi connectivity index (χ3n) is 4.05. The van der Waals surface area contributed by atoms with Crippen molar-refractivity contribution >= 4 is 40.0 Å². The molecule has 0 atom stereocenters. The Labute approximate surface area is 179 Å². The molecule has 1 aromatic carbocycles. The van der Waals surface area contributed by atoms with Gasteiger partial charge >= 0.3 is 0 Å². The summed E-state index contributed by atoms with van der Waals surface area (Å²) in [5.74, 6) is 1.51. The number of sulfonamides is 1. The summed E-state index contributed by atoms with van der Waals surface area (Å²) >= 11 is 0. The van der Waals surface area contributed by atoms with Gasteiger partial charge in [0, 0.05) is 26.3 Å². The number of ether oxygens (including phenoxy) is 1. The van der Waals surface area contributed by atoms with Crippen LogP contribution < -0.4 is 15.4 Å². The van der Waals surface area contributed by atoms with E-state index in [1.807, 2.05) is 13.0 Å². The average Bonchev–Trinajstić information content (AvgIpc) is 3.47. The van der Waals surface area contributed by atoms with Gasteiger partial charge in [0.15, 0.2) is 5.96 Å². The van der Waals surface area contributed by atoms with Gasteiger partial charge in [-0.2, -0.15) is 0 Å². The molecule has 1 aliphatic carbocycles. The first-order valence-corrected chi connectivity index (χ1v) is 10.7. The normalized spacial score (nSPS) is 14.5. The van der Waals surface area contributed by atoms with Gasteiger partial charge in [0.25, 0.3) is 0 Å². The number of benzene rings is 1. The second-order valence-corrected chi connectivity index (χ2v) is 8.24. The van der Waals surface area contributed by atoms with Gasteiger partial charge < -0.3 is 15.4 Å². The lowest BCUT2D eigenvalue weighted by molar-refractivity contribution is 0.123. The van der Waals surface area contributed by atoms with E-state index in [1.54, 1.807) is 18.2 Å². The van der Waals surface area contributed by atoms with Gasteiger partial charge in [0.2, 0.25) is 10.0 Å². The fourth-order valence-electron chi connectivity index (χ4n) is 2.36. The molecule has 0 spiro atoms. The molecule has 27 heavy (non-hydrogen) atoms. The topological polar surface area (TPSA) is 91.8 Å². The highest BCUT2D eigenvalue weighted by molar-refractivity contribution is 14.0. The molecule has 0 saturated heterocycles. The van der Waals surface area contributed by atoms with E-state index in [2.05, 4.69) is 20.3 Å². The number of halogens is 1. The second kappa shape index (κ2) is 12.5. The van der Waals surface area contributed by atoms with Crippen molar-refractivity contribution in [3.8, 4) is 0 Å². The van der Waals surface area contributed by atoms with Crippen LogP contribution in [0.25, 0.3) is 0 Å². The second-order valence-electron chi connectivity index (χ2n) is 6.35. The monoisotopic (exact) mass is 510 g/mol. The fourth-order valence-corrected chi connectivity index (χ4v) is 3.16. The van der Waals surface area contributed by atoms with E-state index in [0.717, 1.165) is 50.2 Å². The Morgan fingerprint density at radius 2 is 2.07 bits per heavy atom. The number of aliphatic imine (C=N–C) groups is 1. The van der Waals surface area contributed by atoms with Gasteiger partial charge in [-0.25, -0.2) is 18.1 Å². The molecule has 154 valence electrons. The van der Waals surface area contributed by atoms with Crippen molar-refractivity contribution in [3.63, 3.8) is 0 Å². The maximum Gasteiger partial charge on any atom is 0.240 e. The fraction of sp³-hybridized carbons (Fsp3) is 0.611. The lowest BCUT2D eigenvalue weighted by atomic mass is 10.2. The minimum Gasteiger partial charge on any atom is -0.381 e. The Kier molecular flexibility index (Phi) is 11.2. The van der Waals surface area contributed by atoms with Crippen LogP contribution in [-0.4, -0.2) is 47.7 Å². The van der Waals surface area contributed by atoms with E-state index in [1.165, 1.54) is 19.9 Å². The van der Waals surface area contributed by atoms with Gasteiger partial charge in [0.05, 0.1) is 11.4 Å². The van der Waals surface area contributed by atoms with Gasteiger partial charge in [-0.15, -0.1) is 24.0 Å². The third kappa shape index (κ3) is 9.22. The summed E-state index contributed by atoms with van der Waals surface area (Å²) in [6.07, 6.45) is 3.55. The van der Waals surface area contributed by atoms with Crippen LogP contribution >= 0.6 is 24.0 Å². The summed E-state index contributed by atoms with van der Waals surface area (Å²) in [5.41, 5.74) is 0.839. The standard InChI is InChI=1S/C18H30N4O3S.HI/c1-3-20-18(21-10-5-11-25-14-15-8-9-15)22-13-16-6-4-7-17(12-16)26(23,24)19-2;/h4,6-7,12,15,19H,3,5,8-11,13-14H2,1-2H3,(H2,20,21,22);1H. The molecular formula is C18H31IN4O3S. The van der Waals surface area contributed by atoms with Crippen molar-refractivity contribution in [2.45, 2.75) is 37.6 Å². The van der Waals surface area contributed by atoms with Gasteiger partial charge in [-0.05, 0) is 56.8 Å². The summed E-state index contributed by atoms with van der Waals surface area (Å²) in [7, 11) is -2.03. The van der Waals surface area contributed by atoms with Crippen molar-refractivity contribution in [2.24, 2.45) is 10.9 Å². The summed E-state index contributed by atoms with van der Waals surface area (Å²) in [5, 5.41) is 6.47. The summed E-state index contributed by atoms with van der Waals surface area (Å²) in [6, 6.07) is 6.81. The highest BCUT2D eigenvalue weighted by Gasteiger charge is 2.20. The predicted molar refractivity (Wildman–Crippen MR) is 119 cm³/mol. The molecule has 7 nitrogen and oxygen atoms in total. The lowest BCUT2D eigenvalue weighted by Crippen LogP contribution is -2.38. The van der Waals surface area contributed by atoms with Crippen LogP contribution in [0.3, 0.4) is 0 Å². The van der Waals surface area contributed by atoms with Gasteiger partial charge in [0.1, 0.15) is 0 Å². The van der Waals surface area contributed by atoms with Crippen LogP contribution in [0.2, 0.25) is 0 Å². The molecule has 0 amide bonds. The molecule has 0 bridgehead atoms. The molecule has 2 rings (SSSR count). The lowest BCUT2D eigenvalue weighted by Gasteiger charge is -2.11. The number of guanidine groups is 1. The number of hydrogen-bond donors (Lipinski definition) is 3. The number of rotatable bonds is 11. The van der Waals surface area contributed by atoms with E-state index >= 15 is 0 Å². The SMILES string of the molecule is CCNC(=NCc1cccc(S(=O)(=O)NC)c1)NCCCOCC1CC1.I. The number of nitrogens with one attached hydrogen (secondary N) is 3. The van der Waals surface area contributed by atoms with Gasteiger partial charge in [-0.3, -0.25) is 0 Å². The molecule has 1 aromatic rings. The molecule has 0 aromatic heterocycles. The zero-order chi connectivity index (χ0) is 18.8. The number of hydrogen-bond acceptors (Lipinski definition) is 4. The van der Waals surface area contributed by atoms with Crippen LogP contribution in [0.15, 0.2) is 34.2 Å². The maximum atomic E-state index is 11.9. The summed E-state index contributed by atoms with van der Waals surface area (Å²) in [6.45, 7) is 5.60. The van der Waals surface area contributed by atoms with Crippen LogP contribution in [-0.2, 0) is 21.3 Å². The van der Waals surface area contributed by atoms with Crippen molar-refractivity contribution in [2.75, 3.05) is 33.4 Å². The molecule has 9 heteroatoms. The predicted octanol–water partition coefficient (Wildman–Crippen LogP) is 2.08. The Hall–Kier alpha value is -0.910. The van der Waals surface area contributed by atoms with E-state index < -0.39 is 10.0 Å². The van der Waals surface area contributed by atoms with Crippen LogP contribution in [0, 0.1) is 5.92 Å². The van der Waals surface area contributed by atoms with E-state index in [4.69, 9.17) is 4.74 Å². The molecule has 1 saturated carbocycles. The first-order valence-electron chi connectivity index (χ1n) is 9.17. The first-order chi connectivity index (χ1) is 12.5. The Morgan fingerprint density at radius 1 is 1.30 bits per heavy atom. The summed E-state index contributed by atoms with van der Waals surface area (Å²) in [4.78, 5) is 4.78. The Balaban J connectivity index is 0.00000364. The molecular weight excluding hydrogens is 479 g/mol. The zero-order valence-electron chi connectivity index (χ0n) is 16.0. The summed E-state index contributed by atoms with van der Waals surface area (Å²) < 4.78 is 31.7. The van der Waals surface area contributed by atoms with Crippen LogP contribution in [0.5, 0.6) is 0 Å². The highest BCUT2D eigenvalue weighted by Crippen LogP contribution is 2.28. The largest absolute Gasteiger partial charge is 0.381 e. The molecule has 1 aliphatic rings. The van der Waals surface area contributed by atoms with Crippen molar-refractivity contribution in [1.29, 1.82) is 0 Å². The van der Waals surface area contributed by atoms with Gasteiger partial charge in [-0.1, -0.05) is 12.1 Å². The maximum absolute atomic E-state index is 11.9. The van der Waals surface area contributed by atoms with Crippen molar-refractivity contribution in [3.05, 3.63) is 29.8 Å². The van der Waals surface area contributed by atoms with Crippen LogP contribution in [0.1, 0.15) is 31.7 Å². The minimum absolute atomic E-state index is 0. The smallest absolute Gasteiger partial charge is 0.240 e. The van der Waals surface area contributed by atoms with Crippen molar-refractivity contribution in [1.82, 2.24) is 15.4 Å². The third-order valence-corrected chi connectivity index (χ3v) is 5.46. The highest BCUT2D eigenvalue weighted by atomic mass is 127. The quantitative estimate of drug-likeness (QED) is 0.184. The zero-order valence-corrected chi connectivity index (χ0v) is 19.2. The molecule has 1 fully saturated rings. The first kappa shape index (κ1) is 24.1. The Morgan fingerprint density at radius 3 is 2.74 bits per heavy atom. The van der Waals surface area contributed by atoms with Crippen molar-refractivity contribution < 1.29 is 13.2 Å². The molecule has 0 unspecified atom stereocenters. The Bertz CT molecular complexity index is 694. The van der Waals surface area contributed by atoms with E-state index in [0.29, 0.717) is 6.54 Å². The van der Waals surface area contributed by atoms with E-state index in [-0.39, 0.29) is 28.9 Å². The molecule has 0 aliphatic heterocycles. The van der Waals surface area contributed by atoms with Crippen LogP contribution in [0.4, 0.5) is 0 Å². The average molecular weight is 510 g/mol.